The van der Waals surface area contributed by atoms with Gasteiger partial charge < -0.3 is 21.4 Å². The summed E-state index contributed by atoms with van der Waals surface area (Å²) in [5.74, 6) is 0.204. The molecule has 0 spiro atoms. The number of nitrogens with zero attached hydrogens (tertiary/aromatic N) is 1. The van der Waals surface area contributed by atoms with Gasteiger partial charge in [0.1, 0.15) is 5.84 Å². The third-order valence-electron chi connectivity index (χ3n) is 2.70. The molecular weight excluding hydrogens is 194 g/mol. The molecule has 0 fully saturated rings. The normalized spacial score (nSPS) is 17.5. The van der Waals surface area contributed by atoms with Crippen molar-refractivity contribution >= 4 is 5.84 Å². The number of rotatable bonds is 6. The van der Waals surface area contributed by atoms with Gasteiger partial charge in [-0.1, -0.05) is 12.1 Å². The zero-order valence-electron chi connectivity index (χ0n) is 9.99. The molecule has 15 heavy (non-hydrogen) atoms. The molecule has 0 saturated heterocycles. The van der Waals surface area contributed by atoms with Crippen molar-refractivity contribution in [3.8, 4) is 0 Å². The standard InChI is InChI=1S/C10H23N3O2/c1-5-8(6-9(11)13-15)12-10(3,4)7(2)14/h7-8,12,14-15H,5-6H2,1-4H3,(H2,11,13). The van der Waals surface area contributed by atoms with E-state index in [1.165, 1.54) is 0 Å². The molecule has 2 unspecified atom stereocenters. The molecule has 5 N–H and O–H groups in total. The van der Waals surface area contributed by atoms with Crippen LogP contribution >= 0.6 is 0 Å². The first-order chi connectivity index (χ1) is 6.83. The van der Waals surface area contributed by atoms with Gasteiger partial charge in [-0.2, -0.15) is 0 Å². The Morgan fingerprint density at radius 3 is 2.40 bits per heavy atom. The van der Waals surface area contributed by atoms with E-state index < -0.39 is 6.10 Å². The Balaban J connectivity index is 4.33. The maximum Gasteiger partial charge on any atom is 0.140 e. The summed E-state index contributed by atoms with van der Waals surface area (Å²) < 4.78 is 0. The quantitative estimate of drug-likeness (QED) is 0.227. The van der Waals surface area contributed by atoms with Gasteiger partial charge in [-0.25, -0.2) is 0 Å². The second kappa shape index (κ2) is 5.92. The van der Waals surface area contributed by atoms with E-state index >= 15 is 0 Å². The lowest BCUT2D eigenvalue weighted by Crippen LogP contribution is -2.53. The van der Waals surface area contributed by atoms with Gasteiger partial charge in [-0.05, 0) is 27.2 Å². The van der Waals surface area contributed by atoms with Crippen molar-refractivity contribution in [3.05, 3.63) is 0 Å². The fraction of sp³-hybridized carbons (Fsp3) is 0.900. The zero-order valence-corrected chi connectivity index (χ0v) is 9.99. The topological polar surface area (TPSA) is 90.9 Å². The molecule has 0 amide bonds. The zero-order chi connectivity index (χ0) is 12.1. The van der Waals surface area contributed by atoms with Crippen molar-refractivity contribution < 1.29 is 10.3 Å². The fourth-order valence-corrected chi connectivity index (χ4v) is 1.24. The minimum absolute atomic E-state index is 0.102. The average Bonchev–Trinajstić information content (AvgIpc) is 2.15. The van der Waals surface area contributed by atoms with Gasteiger partial charge >= 0.3 is 0 Å². The van der Waals surface area contributed by atoms with Crippen molar-refractivity contribution in [2.75, 3.05) is 0 Å². The number of aliphatic hydroxyl groups is 1. The van der Waals surface area contributed by atoms with Crippen LogP contribution in [-0.2, 0) is 0 Å². The lowest BCUT2D eigenvalue weighted by molar-refractivity contribution is 0.0879. The van der Waals surface area contributed by atoms with Gasteiger partial charge in [-0.3, -0.25) is 0 Å². The van der Waals surface area contributed by atoms with Gasteiger partial charge in [0.15, 0.2) is 0 Å². The molecule has 2 atom stereocenters. The third kappa shape index (κ3) is 4.99. The molecular formula is C10H23N3O2. The van der Waals surface area contributed by atoms with E-state index in [0.717, 1.165) is 6.42 Å². The van der Waals surface area contributed by atoms with Crippen LogP contribution in [0.1, 0.15) is 40.5 Å². The van der Waals surface area contributed by atoms with Gasteiger partial charge in [0, 0.05) is 18.0 Å². The fourth-order valence-electron chi connectivity index (χ4n) is 1.24. The van der Waals surface area contributed by atoms with Crippen LogP contribution in [0.3, 0.4) is 0 Å². The summed E-state index contributed by atoms with van der Waals surface area (Å²) in [6.07, 6.45) is 0.869. The molecule has 0 saturated carbocycles. The maximum absolute atomic E-state index is 9.54. The average molecular weight is 217 g/mol. The molecule has 5 heteroatoms. The van der Waals surface area contributed by atoms with Crippen molar-refractivity contribution in [3.63, 3.8) is 0 Å². The minimum Gasteiger partial charge on any atom is -0.409 e. The summed E-state index contributed by atoms with van der Waals surface area (Å²) in [7, 11) is 0. The molecule has 0 radical (unpaired) electrons. The second-order valence-corrected chi connectivity index (χ2v) is 4.44. The van der Waals surface area contributed by atoms with E-state index in [-0.39, 0.29) is 17.4 Å². The lowest BCUT2D eigenvalue weighted by atomic mass is 9.96. The minimum atomic E-state index is -0.459. The summed E-state index contributed by atoms with van der Waals surface area (Å²) in [4.78, 5) is 0. The predicted molar refractivity (Wildman–Crippen MR) is 61.0 cm³/mol. The monoisotopic (exact) mass is 217 g/mol. The van der Waals surface area contributed by atoms with Crippen LogP contribution in [-0.4, -0.2) is 33.8 Å². The third-order valence-corrected chi connectivity index (χ3v) is 2.70. The van der Waals surface area contributed by atoms with Gasteiger partial charge in [0.05, 0.1) is 6.10 Å². The van der Waals surface area contributed by atoms with Crippen LogP contribution in [0.2, 0.25) is 0 Å². The number of hydrogen-bond donors (Lipinski definition) is 4. The molecule has 0 aliphatic rings. The Morgan fingerprint density at radius 2 is 2.07 bits per heavy atom. The number of hydrogen-bond acceptors (Lipinski definition) is 4. The highest BCUT2D eigenvalue weighted by molar-refractivity contribution is 5.80. The highest BCUT2D eigenvalue weighted by Gasteiger charge is 2.26. The van der Waals surface area contributed by atoms with Crippen molar-refractivity contribution in [1.29, 1.82) is 0 Å². The molecule has 5 nitrogen and oxygen atoms in total. The summed E-state index contributed by atoms with van der Waals surface area (Å²) in [5.41, 5.74) is 5.06. The van der Waals surface area contributed by atoms with E-state index in [1.54, 1.807) is 6.92 Å². The Hall–Kier alpha value is -0.810. The van der Waals surface area contributed by atoms with Gasteiger partial charge in [0.25, 0.3) is 0 Å². The molecule has 0 bridgehead atoms. The number of nitrogens with two attached hydrogens (primary N) is 1. The van der Waals surface area contributed by atoms with Gasteiger partial charge in [0.2, 0.25) is 0 Å². The summed E-state index contributed by atoms with van der Waals surface area (Å²) >= 11 is 0. The lowest BCUT2D eigenvalue weighted by Gasteiger charge is -2.33. The summed E-state index contributed by atoms with van der Waals surface area (Å²) in [6.45, 7) is 7.60. The highest BCUT2D eigenvalue weighted by atomic mass is 16.4. The number of aliphatic hydroxyl groups excluding tert-OH is 1. The Kier molecular flexibility index (Phi) is 5.60. The van der Waals surface area contributed by atoms with Crippen molar-refractivity contribution in [1.82, 2.24) is 5.32 Å². The first-order valence-corrected chi connectivity index (χ1v) is 5.25. The van der Waals surface area contributed by atoms with E-state index in [4.69, 9.17) is 10.9 Å². The largest absolute Gasteiger partial charge is 0.409 e. The molecule has 0 rings (SSSR count). The molecule has 0 aromatic carbocycles. The Bertz CT molecular complexity index is 215. The SMILES string of the molecule is CCC(CC(N)=NO)NC(C)(C)C(C)O. The van der Waals surface area contributed by atoms with Crippen LogP contribution in [0, 0.1) is 0 Å². The number of nitrogens with one attached hydrogen (secondary N) is 1. The predicted octanol–water partition coefficient (Wildman–Crippen LogP) is 0.651. The van der Waals surface area contributed by atoms with Crippen LogP contribution in [0.25, 0.3) is 0 Å². The Morgan fingerprint density at radius 1 is 1.53 bits per heavy atom. The van der Waals surface area contributed by atoms with Crippen LogP contribution in [0.4, 0.5) is 0 Å². The van der Waals surface area contributed by atoms with E-state index in [9.17, 15) is 5.11 Å². The van der Waals surface area contributed by atoms with Crippen molar-refractivity contribution in [2.24, 2.45) is 10.9 Å². The summed E-state index contributed by atoms with van der Waals surface area (Å²) in [5, 5.41) is 24.2. The molecule has 0 aromatic heterocycles. The number of oxime groups is 1. The second-order valence-electron chi connectivity index (χ2n) is 4.44. The van der Waals surface area contributed by atoms with Crippen molar-refractivity contribution in [2.45, 2.75) is 58.2 Å². The van der Waals surface area contributed by atoms with E-state index in [2.05, 4.69) is 10.5 Å². The van der Waals surface area contributed by atoms with Gasteiger partial charge in [-0.15, -0.1) is 0 Å². The summed E-state index contributed by atoms with van der Waals surface area (Å²) in [6, 6.07) is 0.102. The van der Waals surface area contributed by atoms with E-state index in [1.807, 2.05) is 20.8 Å². The molecule has 0 aromatic rings. The van der Waals surface area contributed by atoms with Crippen LogP contribution in [0.5, 0.6) is 0 Å². The molecule has 90 valence electrons. The molecule has 0 heterocycles. The molecule has 0 aliphatic heterocycles. The number of amidine groups is 1. The van der Waals surface area contributed by atoms with Crippen LogP contribution < -0.4 is 11.1 Å². The smallest absolute Gasteiger partial charge is 0.140 e. The van der Waals surface area contributed by atoms with E-state index in [0.29, 0.717) is 6.42 Å². The van der Waals surface area contributed by atoms with Crippen LogP contribution in [0.15, 0.2) is 5.16 Å². The Labute approximate surface area is 91.4 Å². The molecule has 0 aliphatic carbocycles. The maximum atomic E-state index is 9.54. The first-order valence-electron chi connectivity index (χ1n) is 5.25. The highest BCUT2D eigenvalue weighted by Crippen LogP contribution is 2.12. The first kappa shape index (κ1) is 14.2.